The predicted molar refractivity (Wildman–Crippen MR) is 119 cm³/mol. The minimum atomic E-state index is -1.07. The third kappa shape index (κ3) is 4.47. The van der Waals surface area contributed by atoms with Gasteiger partial charge in [0, 0.05) is 12.3 Å². The fourth-order valence-corrected chi connectivity index (χ4v) is 4.39. The maximum atomic E-state index is 12.5. The van der Waals surface area contributed by atoms with E-state index in [1.165, 1.54) is 0 Å². The van der Waals surface area contributed by atoms with Crippen molar-refractivity contribution in [3.63, 3.8) is 0 Å². The van der Waals surface area contributed by atoms with Gasteiger partial charge in [-0.2, -0.15) is 0 Å². The number of carboxylic acid groups (broad SMARTS) is 1. The highest BCUT2D eigenvalue weighted by atomic mass is 16.5. The molecule has 1 saturated carbocycles. The highest BCUT2D eigenvalue weighted by Gasteiger charge is 2.46. The SMILES string of the molecule is CC(C)C(NC(=O)CC1(NC(=O)OCC2c3ccccc3-c3ccccc32)CC1)C(=O)O. The van der Waals surface area contributed by atoms with Crippen molar-refractivity contribution in [3.8, 4) is 11.1 Å². The number of hydrogen-bond acceptors (Lipinski definition) is 4. The summed E-state index contributed by atoms with van der Waals surface area (Å²) >= 11 is 0. The summed E-state index contributed by atoms with van der Waals surface area (Å²) in [5.74, 6) is -1.72. The number of alkyl carbamates (subject to hydrolysis) is 1. The van der Waals surface area contributed by atoms with Crippen LogP contribution in [0.5, 0.6) is 0 Å². The van der Waals surface area contributed by atoms with Gasteiger partial charge in [0.05, 0.1) is 5.54 Å². The fraction of sp³-hybridized carbons (Fsp3) is 0.400. The van der Waals surface area contributed by atoms with Gasteiger partial charge >= 0.3 is 12.1 Å². The molecule has 0 aliphatic heterocycles. The topological polar surface area (TPSA) is 105 Å². The number of carbonyl (C=O) groups is 3. The van der Waals surface area contributed by atoms with E-state index in [-0.39, 0.29) is 30.8 Å². The third-order valence-corrected chi connectivity index (χ3v) is 6.31. The molecule has 2 aromatic rings. The van der Waals surface area contributed by atoms with E-state index in [1.54, 1.807) is 13.8 Å². The number of rotatable bonds is 8. The number of amides is 2. The van der Waals surface area contributed by atoms with Gasteiger partial charge in [-0.25, -0.2) is 9.59 Å². The van der Waals surface area contributed by atoms with Gasteiger partial charge in [0.1, 0.15) is 12.6 Å². The van der Waals surface area contributed by atoms with Crippen LogP contribution < -0.4 is 10.6 Å². The van der Waals surface area contributed by atoms with Gasteiger partial charge in [-0.1, -0.05) is 62.4 Å². The molecule has 168 valence electrons. The zero-order valence-corrected chi connectivity index (χ0v) is 18.3. The molecule has 0 heterocycles. The lowest BCUT2D eigenvalue weighted by molar-refractivity contribution is -0.143. The Balaban J connectivity index is 1.35. The summed E-state index contributed by atoms with van der Waals surface area (Å²) in [6.45, 7) is 3.68. The van der Waals surface area contributed by atoms with E-state index in [9.17, 15) is 19.5 Å². The zero-order valence-electron chi connectivity index (χ0n) is 18.3. The molecule has 7 heteroatoms. The van der Waals surface area contributed by atoms with Crippen LogP contribution in [0.4, 0.5) is 4.79 Å². The molecule has 4 rings (SSSR count). The molecule has 0 saturated heterocycles. The maximum Gasteiger partial charge on any atom is 0.407 e. The number of hydrogen-bond donors (Lipinski definition) is 3. The number of benzene rings is 2. The lowest BCUT2D eigenvalue weighted by Gasteiger charge is -2.22. The van der Waals surface area contributed by atoms with E-state index >= 15 is 0 Å². The maximum absolute atomic E-state index is 12.5. The van der Waals surface area contributed by atoms with E-state index < -0.39 is 23.6 Å². The summed E-state index contributed by atoms with van der Waals surface area (Å²) in [6, 6.07) is 15.3. The molecule has 0 aromatic heterocycles. The van der Waals surface area contributed by atoms with Crippen molar-refractivity contribution in [2.75, 3.05) is 6.61 Å². The summed E-state index contributed by atoms with van der Waals surface area (Å²) in [5.41, 5.74) is 3.93. The van der Waals surface area contributed by atoms with Gasteiger partial charge in [-0.05, 0) is 41.0 Å². The Kier molecular flexibility index (Phi) is 5.91. The van der Waals surface area contributed by atoms with Crippen LogP contribution in [0.2, 0.25) is 0 Å². The molecule has 1 unspecified atom stereocenters. The Bertz CT molecular complexity index is 999. The van der Waals surface area contributed by atoms with E-state index in [0.717, 1.165) is 22.3 Å². The molecule has 0 spiro atoms. The number of carboxylic acids is 1. The third-order valence-electron chi connectivity index (χ3n) is 6.31. The quantitative estimate of drug-likeness (QED) is 0.586. The molecule has 2 aliphatic rings. The van der Waals surface area contributed by atoms with Crippen LogP contribution in [0.15, 0.2) is 48.5 Å². The summed E-state index contributed by atoms with van der Waals surface area (Å²) in [4.78, 5) is 36.2. The van der Waals surface area contributed by atoms with Gasteiger partial charge in [0.25, 0.3) is 0 Å². The van der Waals surface area contributed by atoms with E-state index in [1.807, 2.05) is 24.3 Å². The highest BCUT2D eigenvalue weighted by Crippen LogP contribution is 2.44. The van der Waals surface area contributed by atoms with Crippen molar-refractivity contribution in [2.45, 2.75) is 50.6 Å². The molecule has 0 radical (unpaired) electrons. The molecule has 2 amide bonds. The molecular formula is C25H28N2O5. The second-order valence-corrected chi connectivity index (χ2v) is 9.04. The minimum Gasteiger partial charge on any atom is -0.480 e. The van der Waals surface area contributed by atoms with E-state index in [4.69, 9.17) is 4.74 Å². The first kappa shape index (κ1) is 21.9. The van der Waals surface area contributed by atoms with Crippen LogP contribution in [-0.2, 0) is 14.3 Å². The normalized spacial score (nSPS) is 16.6. The lowest BCUT2D eigenvalue weighted by atomic mass is 9.98. The zero-order chi connectivity index (χ0) is 22.9. The van der Waals surface area contributed by atoms with Crippen molar-refractivity contribution in [2.24, 2.45) is 5.92 Å². The van der Waals surface area contributed by atoms with E-state index in [0.29, 0.717) is 12.8 Å². The Morgan fingerprint density at radius 1 is 1.03 bits per heavy atom. The number of carbonyl (C=O) groups excluding carboxylic acids is 2. The Morgan fingerprint density at radius 2 is 1.59 bits per heavy atom. The second kappa shape index (κ2) is 8.65. The van der Waals surface area contributed by atoms with Gasteiger partial charge in [-0.3, -0.25) is 4.79 Å². The monoisotopic (exact) mass is 436 g/mol. The standard InChI is InChI=1S/C25H28N2O5/c1-15(2)22(23(29)30)26-21(28)13-25(11-12-25)27-24(31)32-14-20-18-9-5-3-7-16(18)17-8-4-6-10-19(17)20/h3-10,15,20,22H,11-14H2,1-2H3,(H,26,28)(H,27,31)(H,29,30). The summed E-state index contributed by atoms with van der Waals surface area (Å²) in [5, 5.41) is 14.6. The largest absolute Gasteiger partial charge is 0.480 e. The molecule has 7 nitrogen and oxygen atoms in total. The Morgan fingerprint density at radius 3 is 2.09 bits per heavy atom. The molecule has 2 aromatic carbocycles. The van der Waals surface area contributed by atoms with Crippen molar-refractivity contribution < 1.29 is 24.2 Å². The summed E-state index contributed by atoms with van der Waals surface area (Å²) in [7, 11) is 0. The predicted octanol–water partition coefficient (Wildman–Crippen LogP) is 3.67. The Labute approximate surface area is 187 Å². The van der Waals surface area contributed by atoms with Crippen molar-refractivity contribution >= 4 is 18.0 Å². The van der Waals surface area contributed by atoms with Crippen molar-refractivity contribution in [3.05, 3.63) is 59.7 Å². The van der Waals surface area contributed by atoms with Gasteiger partial charge < -0.3 is 20.5 Å². The van der Waals surface area contributed by atoms with Crippen molar-refractivity contribution in [1.29, 1.82) is 0 Å². The summed E-state index contributed by atoms with van der Waals surface area (Å²) in [6.07, 6.45) is 0.790. The van der Waals surface area contributed by atoms with Crippen LogP contribution >= 0.6 is 0 Å². The first-order chi connectivity index (χ1) is 15.3. The molecular weight excluding hydrogens is 408 g/mol. The average Bonchev–Trinajstić information content (AvgIpc) is 3.42. The fourth-order valence-electron chi connectivity index (χ4n) is 4.39. The van der Waals surface area contributed by atoms with Crippen LogP contribution in [0.3, 0.4) is 0 Å². The molecule has 0 bridgehead atoms. The number of ether oxygens (including phenoxy) is 1. The smallest absolute Gasteiger partial charge is 0.407 e. The number of nitrogens with one attached hydrogen (secondary N) is 2. The average molecular weight is 437 g/mol. The number of aliphatic carboxylic acids is 1. The molecule has 2 aliphatic carbocycles. The van der Waals surface area contributed by atoms with Crippen LogP contribution in [0, 0.1) is 5.92 Å². The molecule has 1 fully saturated rings. The van der Waals surface area contributed by atoms with Crippen LogP contribution in [0.1, 0.15) is 50.2 Å². The van der Waals surface area contributed by atoms with Crippen molar-refractivity contribution in [1.82, 2.24) is 10.6 Å². The van der Waals surface area contributed by atoms with Gasteiger partial charge in [0.15, 0.2) is 0 Å². The summed E-state index contributed by atoms with van der Waals surface area (Å²) < 4.78 is 5.58. The first-order valence-electron chi connectivity index (χ1n) is 10.9. The lowest BCUT2D eigenvalue weighted by Crippen LogP contribution is -2.48. The molecule has 3 N–H and O–H groups in total. The van der Waals surface area contributed by atoms with E-state index in [2.05, 4.69) is 34.9 Å². The van der Waals surface area contributed by atoms with Crippen LogP contribution in [0.25, 0.3) is 11.1 Å². The van der Waals surface area contributed by atoms with Gasteiger partial charge in [0.2, 0.25) is 5.91 Å². The highest BCUT2D eigenvalue weighted by molar-refractivity contribution is 5.85. The van der Waals surface area contributed by atoms with Crippen LogP contribution in [-0.4, -0.2) is 41.3 Å². The van der Waals surface area contributed by atoms with Gasteiger partial charge in [-0.15, -0.1) is 0 Å². The Hall–Kier alpha value is -3.35. The minimum absolute atomic E-state index is 0.0334. The molecule has 1 atom stereocenters. The second-order valence-electron chi connectivity index (χ2n) is 9.04. The molecule has 32 heavy (non-hydrogen) atoms. The first-order valence-corrected chi connectivity index (χ1v) is 10.9. The number of fused-ring (bicyclic) bond motifs is 3.